The summed E-state index contributed by atoms with van der Waals surface area (Å²) >= 11 is 0. The fraction of sp³-hybridized carbons (Fsp3) is 0.462. The number of amides is 1. The second-order valence-electron chi connectivity index (χ2n) is 4.79. The number of carbonyl (C=O) groups excluding carboxylic acids is 1. The molecule has 0 atom stereocenters. The first-order valence-electron chi connectivity index (χ1n) is 5.95. The smallest absolute Gasteiger partial charge is 0.226 e. The number of hydrogen-bond acceptors (Lipinski definition) is 3. The van der Waals surface area contributed by atoms with Crippen LogP contribution in [-0.4, -0.2) is 18.6 Å². The number of rotatable bonds is 4. The molecule has 0 spiro atoms. The summed E-state index contributed by atoms with van der Waals surface area (Å²) in [6.07, 6.45) is 3.14. The molecule has 2 rings (SSSR count). The molecule has 0 bridgehead atoms. The van der Waals surface area contributed by atoms with E-state index >= 15 is 0 Å². The highest BCUT2D eigenvalue weighted by Gasteiger charge is 2.34. The third-order valence-electron chi connectivity index (χ3n) is 3.30. The molecule has 1 aliphatic carbocycles. The highest BCUT2D eigenvalue weighted by Crippen LogP contribution is 2.32. The Morgan fingerprint density at radius 3 is 2.83 bits per heavy atom. The molecule has 0 heterocycles. The number of nitrogens with one attached hydrogen (secondary N) is 1. The molecule has 0 radical (unpaired) electrons. The Morgan fingerprint density at radius 1 is 1.56 bits per heavy atom. The number of anilines is 1. The summed E-state index contributed by atoms with van der Waals surface area (Å²) in [5, 5.41) is 2.70. The Kier molecular flexibility index (Phi) is 3.52. The lowest BCUT2D eigenvalue weighted by atomic mass is 9.75. The van der Waals surface area contributed by atoms with Crippen molar-refractivity contribution in [2.45, 2.75) is 31.2 Å². The van der Waals surface area contributed by atoms with Gasteiger partial charge in [0.2, 0.25) is 5.91 Å². The highest BCUT2D eigenvalue weighted by atomic mass is 19.1. The van der Waals surface area contributed by atoms with Crippen LogP contribution in [0.3, 0.4) is 0 Å². The van der Waals surface area contributed by atoms with Crippen LogP contribution in [0.4, 0.5) is 10.1 Å². The number of halogens is 1. The molecule has 1 saturated carbocycles. The lowest BCUT2D eigenvalue weighted by Gasteiger charge is -2.37. The Morgan fingerprint density at radius 2 is 2.28 bits per heavy atom. The molecular formula is C13H17FN2O2. The SMILES string of the molecule is COc1cc(NC(=O)CC2(N)CCC2)ccc1F. The molecule has 0 aliphatic heterocycles. The lowest BCUT2D eigenvalue weighted by Crippen LogP contribution is -2.48. The van der Waals surface area contributed by atoms with Crippen LogP contribution in [0.5, 0.6) is 5.75 Å². The van der Waals surface area contributed by atoms with E-state index in [-0.39, 0.29) is 17.2 Å². The zero-order chi connectivity index (χ0) is 13.2. The van der Waals surface area contributed by atoms with Crippen molar-refractivity contribution < 1.29 is 13.9 Å². The molecule has 0 saturated heterocycles. The Labute approximate surface area is 105 Å². The van der Waals surface area contributed by atoms with Gasteiger partial charge in [-0.05, 0) is 31.4 Å². The van der Waals surface area contributed by atoms with Crippen molar-refractivity contribution in [3.63, 3.8) is 0 Å². The summed E-state index contributed by atoms with van der Waals surface area (Å²) in [6, 6.07) is 4.22. The second kappa shape index (κ2) is 4.94. The minimum atomic E-state index is -0.454. The summed E-state index contributed by atoms with van der Waals surface area (Å²) in [4.78, 5) is 11.8. The highest BCUT2D eigenvalue weighted by molar-refractivity contribution is 5.91. The van der Waals surface area contributed by atoms with Gasteiger partial charge in [-0.15, -0.1) is 0 Å². The molecule has 3 N–H and O–H groups in total. The Balaban J connectivity index is 1.98. The van der Waals surface area contributed by atoms with Crippen LogP contribution in [-0.2, 0) is 4.79 Å². The fourth-order valence-corrected chi connectivity index (χ4v) is 2.07. The van der Waals surface area contributed by atoms with Gasteiger partial charge in [0.05, 0.1) is 7.11 Å². The van der Waals surface area contributed by atoms with Crippen molar-refractivity contribution in [3.05, 3.63) is 24.0 Å². The van der Waals surface area contributed by atoms with Crippen molar-refractivity contribution in [2.75, 3.05) is 12.4 Å². The van der Waals surface area contributed by atoms with Gasteiger partial charge < -0.3 is 15.8 Å². The Bertz CT molecular complexity index is 458. The maximum Gasteiger partial charge on any atom is 0.226 e. The predicted molar refractivity (Wildman–Crippen MR) is 67.0 cm³/mol. The van der Waals surface area contributed by atoms with Crippen molar-refractivity contribution >= 4 is 11.6 Å². The zero-order valence-electron chi connectivity index (χ0n) is 10.3. The molecule has 0 unspecified atom stereocenters. The minimum absolute atomic E-state index is 0.110. The zero-order valence-corrected chi connectivity index (χ0v) is 10.3. The van der Waals surface area contributed by atoms with Crippen LogP contribution in [0.1, 0.15) is 25.7 Å². The fourth-order valence-electron chi connectivity index (χ4n) is 2.07. The minimum Gasteiger partial charge on any atom is -0.494 e. The monoisotopic (exact) mass is 252 g/mol. The third kappa shape index (κ3) is 2.79. The lowest BCUT2D eigenvalue weighted by molar-refractivity contribution is -0.118. The Hall–Kier alpha value is -1.62. The first kappa shape index (κ1) is 12.8. The number of methoxy groups -OCH3 is 1. The van der Waals surface area contributed by atoms with Gasteiger partial charge in [-0.25, -0.2) is 4.39 Å². The second-order valence-corrected chi connectivity index (χ2v) is 4.79. The van der Waals surface area contributed by atoms with Crippen LogP contribution >= 0.6 is 0 Å². The van der Waals surface area contributed by atoms with Crippen molar-refractivity contribution in [1.29, 1.82) is 0 Å². The van der Waals surface area contributed by atoms with Crippen molar-refractivity contribution in [2.24, 2.45) is 5.73 Å². The third-order valence-corrected chi connectivity index (χ3v) is 3.30. The van der Waals surface area contributed by atoms with Crippen LogP contribution in [0.25, 0.3) is 0 Å². The number of carbonyl (C=O) groups is 1. The molecule has 18 heavy (non-hydrogen) atoms. The number of ether oxygens (including phenoxy) is 1. The van der Waals surface area contributed by atoms with Crippen LogP contribution in [0.15, 0.2) is 18.2 Å². The van der Waals surface area contributed by atoms with Gasteiger partial charge in [-0.3, -0.25) is 4.79 Å². The van der Waals surface area contributed by atoms with E-state index in [9.17, 15) is 9.18 Å². The van der Waals surface area contributed by atoms with Gasteiger partial charge in [0.1, 0.15) is 0 Å². The molecule has 5 heteroatoms. The van der Waals surface area contributed by atoms with Crippen molar-refractivity contribution in [3.8, 4) is 5.75 Å². The molecule has 1 amide bonds. The van der Waals surface area contributed by atoms with Gasteiger partial charge in [-0.2, -0.15) is 0 Å². The largest absolute Gasteiger partial charge is 0.494 e. The van der Waals surface area contributed by atoms with Gasteiger partial charge in [-0.1, -0.05) is 0 Å². The molecule has 0 aromatic heterocycles. The van der Waals surface area contributed by atoms with Crippen molar-refractivity contribution in [1.82, 2.24) is 0 Å². The van der Waals surface area contributed by atoms with Gasteiger partial charge in [0, 0.05) is 23.7 Å². The summed E-state index contributed by atoms with van der Waals surface area (Å²) in [7, 11) is 1.38. The van der Waals surface area contributed by atoms with E-state index in [1.165, 1.54) is 25.3 Å². The average molecular weight is 252 g/mol. The predicted octanol–water partition coefficient (Wildman–Crippen LogP) is 2.04. The normalized spacial score (nSPS) is 16.8. The van der Waals surface area contributed by atoms with Crippen LogP contribution < -0.4 is 15.8 Å². The van der Waals surface area contributed by atoms with E-state index in [4.69, 9.17) is 10.5 Å². The van der Waals surface area contributed by atoms with E-state index in [2.05, 4.69) is 5.32 Å². The number of hydrogen-bond donors (Lipinski definition) is 2. The molecule has 1 fully saturated rings. The summed E-state index contributed by atoms with van der Waals surface area (Å²) in [6.45, 7) is 0. The summed E-state index contributed by atoms with van der Waals surface area (Å²) in [5.41, 5.74) is 6.15. The molecule has 98 valence electrons. The summed E-state index contributed by atoms with van der Waals surface area (Å²) < 4.78 is 18.0. The molecule has 1 aliphatic rings. The van der Waals surface area contributed by atoms with E-state index in [0.29, 0.717) is 12.1 Å². The van der Waals surface area contributed by atoms with E-state index < -0.39 is 5.82 Å². The average Bonchev–Trinajstić information content (AvgIpc) is 2.29. The first-order chi connectivity index (χ1) is 8.52. The maximum atomic E-state index is 13.2. The van der Waals surface area contributed by atoms with E-state index in [1.807, 2.05) is 0 Å². The standard InChI is InChI=1S/C13H17FN2O2/c1-18-11-7-9(3-4-10(11)14)16-12(17)8-13(15)5-2-6-13/h3-4,7H,2,5-6,8,15H2,1H3,(H,16,17). The van der Waals surface area contributed by atoms with Crippen LogP contribution in [0.2, 0.25) is 0 Å². The van der Waals surface area contributed by atoms with Gasteiger partial charge >= 0.3 is 0 Å². The topological polar surface area (TPSA) is 64.3 Å². The molecular weight excluding hydrogens is 235 g/mol. The van der Waals surface area contributed by atoms with E-state index in [1.54, 1.807) is 0 Å². The van der Waals surface area contributed by atoms with Crippen LogP contribution in [0, 0.1) is 5.82 Å². The quantitative estimate of drug-likeness (QED) is 0.862. The van der Waals surface area contributed by atoms with Gasteiger partial charge in [0.15, 0.2) is 11.6 Å². The van der Waals surface area contributed by atoms with Gasteiger partial charge in [0.25, 0.3) is 0 Å². The number of benzene rings is 1. The molecule has 4 nitrogen and oxygen atoms in total. The molecule has 1 aromatic carbocycles. The first-order valence-corrected chi connectivity index (χ1v) is 5.95. The maximum absolute atomic E-state index is 13.2. The molecule has 1 aromatic rings. The summed E-state index contributed by atoms with van der Waals surface area (Å²) in [5.74, 6) is -0.491. The number of nitrogens with two attached hydrogens (primary N) is 1. The van der Waals surface area contributed by atoms with E-state index in [0.717, 1.165) is 19.3 Å².